The number of ether oxygens (including phenoxy) is 6. The second-order valence-corrected chi connectivity index (χ2v) is 11.4. The number of aliphatic hydroxyl groups is 1. The molecule has 35 heavy (non-hydrogen) atoms. The van der Waals surface area contributed by atoms with Crippen molar-refractivity contribution in [2.45, 2.75) is 137 Å². The molecule has 3 aliphatic heterocycles. The van der Waals surface area contributed by atoms with Crippen molar-refractivity contribution < 1.29 is 33.5 Å². The van der Waals surface area contributed by atoms with Gasteiger partial charge in [-0.25, -0.2) is 0 Å². The van der Waals surface area contributed by atoms with E-state index in [4.69, 9.17) is 28.4 Å². The van der Waals surface area contributed by atoms with Crippen molar-refractivity contribution in [3.8, 4) is 0 Å². The quantitative estimate of drug-likeness (QED) is 0.503. The molecular formula is C28H52O7. The lowest BCUT2D eigenvalue weighted by molar-refractivity contribution is -0.357. The molecule has 15 atom stereocenters. The van der Waals surface area contributed by atoms with E-state index in [1.54, 1.807) is 7.11 Å². The first-order valence-corrected chi connectivity index (χ1v) is 14.1. The van der Waals surface area contributed by atoms with Crippen LogP contribution in [0.25, 0.3) is 0 Å². The van der Waals surface area contributed by atoms with E-state index in [-0.39, 0.29) is 60.1 Å². The highest BCUT2D eigenvalue weighted by atomic mass is 16.7. The van der Waals surface area contributed by atoms with Gasteiger partial charge in [-0.15, -0.1) is 0 Å². The van der Waals surface area contributed by atoms with Gasteiger partial charge in [0.25, 0.3) is 0 Å². The van der Waals surface area contributed by atoms with Crippen LogP contribution >= 0.6 is 0 Å². The van der Waals surface area contributed by atoms with Crippen LogP contribution in [-0.4, -0.2) is 67.7 Å². The minimum absolute atomic E-state index is 0.0122. The fraction of sp³-hybridized carbons (Fsp3) is 1.00. The maximum absolute atomic E-state index is 11.0. The average Bonchev–Trinajstić information content (AvgIpc) is 2.86. The van der Waals surface area contributed by atoms with Crippen molar-refractivity contribution in [2.24, 2.45) is 35.5 Å². The highest BCUT2D eigenvalue weighted by Gasteiger charge is 2.50. The zero-order chi connectivity index (χ0) is 26.0. The predicted octanol–water partition coefficient (Wildman–Crippen LogP) is 4.99. The van der Waals surface area contributed by atoms with E-state index in [9.17, 15) is 5.11 Å². The van der Waals surface area contributed by atoms with Crippen molar-refractivity contribution in [1.29, 1.82) is 0 Å². The molecule has 0 spiro atoms. The molecule has 7 heteroatoms. The molecule has 0 aromatic rings. The molecule has 7 nitrogen and oxygen atoms in total. The summed E-state index contributed by atoms with van der Waals surface area (Å²) in [6.07, 6.45) is 0.306. The van der Waals surface area contributed by atoms with Crippen molar-refractivity contribution in [3.63, 3.8) is 0 Å². The van der Waals surface area contributed by atoms with Gasteiger partial charge in [-0.05, 0) is 42.9 Å². The molecule has 3 heterocycles. The maximum Gasteiger partial charge on any atom is 0.184 e. The third kappa shape index (κ3) is 5.92. The SMILES string of the molecule is CCC1O[C@H](O[C@@H]2C(C)[C@H](OC3[C@@H](OC)OC(CC)[C@@H](C)[C@@H]3C)OC(CC)[C@H]2C)C(O)[C@@H](C)[C@@H]1C. The first-order chi connectivity index (χ1) is 16.6. The molecule has 0 saturated carbocycles. The average molecular weight is 501 g/mol. The van der Waals surface area contributed by atoms with Crippen molar-refractivity contribution in [1.82, 2.24) is 0 Å². The summed E-state index contributed by atoms with van der Waals surface area (Å²) >= 11 is 0. The molecule has 206 valence electrons. The van der Waals surface area contributed by atoms with Crippen molar-refractivity contribution in [2.75, 3.05) is 7.11 Å². The molecule has 3 aliphatic rings. The molecule has 3 rings (SSSR count). The van der Waals surface area contributed by atoms with E-state index in [0.29, 0.717) is 5.92 Å². The van der Waals surface area contributed by atoms with Crippen LogP contribution in [0, 0.1) is 35.5 Å². The normalized spacial score (nSPS) is 51.3. The van der Waals surface area contributed by atoms with Crippen LogP contribution in [0.3, 0.4) is 0 Å². The largest absolute Gasteiger partial charge is 0.388 e. The monoisotopic (exact) mass is 500 g/mol. The predicted molar refractivity (Wildman–Crippen MR) is 135 cm³/mol. The highest BCUT2D eigenvalue weighted by molar-refractivity contribution is 4.91. The summed E-state index contributed by atoms with van der Waals surface area (Å²) in [6.45, 7) is 19.4. The first-order valence-electron chi connectivity index (χ1n) is 14.1. The summed E-state index contributed by atoms with van der Waals surface area (Å²) in [5.41, 5.74) is 0. The van der Waals surface area contributed by atoms with Crippen molar-refractivity contribution in [3.05, 3.63) is 0 Å². The summed E-state index contributed by atoms with van der Waals surface area (Å²) < 4.78 is 38.0. The Morgan fingerprint density at radius 1 is 0.543 bits per heavy atom. The Morgan fingerprint density at radius 2 is 1.00 bits per heavy atom. The molecule has 1 N–H and O–H groups in total. The van der Waals surface area contributed by atoms with Crippen LogP contribution < -0.4 is 0 Å². The lowest BCUT2D eigenvalue weighted by atomic mass is 9.81. The smallest absolute Gasteiger partial charge is 0.184 e. The lowest BCUT2D eigenvalue weighted by Crippen LogP contribution is -2.58. The number of hydrogen-bond donors (Lipinski definition) is 1. The van der Waals surface area contributed by atoms with Gasteiger partial charge in [0.05, 0.1) is 24.4 Å². The fourth-order valence-corrected chi connectivity index (χ4v) is 6.41. The Balaban J connectivity index is 1.78. The zero-order valence-electron chi connectivity index (χ0n) is 23.7. The van der Waals surface area contributed by atoms with E-state index in [1.807, 2.05) is 0 Å². The molecular weight excluding hydrogens is 448 g/mol. The van der Waals surface area contributed by atoms with Gasteiger partial charge in [0.2, 0.25) is 0 Å². The summed E-state index contributed by atoms with van der Waals surface area (Å²) in [5, 5.41) is 11.0. The van der Waals surface area contributed by atoms with Gasteiger partial charge >= 0.3 is 0 Å². The third-order valence-electron chi connectivity index (χ3n) is 9.44. The molecule has 0 bridgehead atoms. The maximum atomic E-state index is 11.0. The van der Waals surface area contributed by atoms with Crippen LogP contribution in [0.2, 0.25) is 0 Å². The lowest BCUT2D eigenvalue weighted by Gasteiger charge is -2.50. The number of methoxy groups -OCH3 is 1. The summed E-state index contributed by atoms with van der Waals surface area (Å²) in [6, 6.07) is 0. The van der Waals surface area contributed by atoms with Crippen LogP contribution in [0.5, 0.6) is 0 Å². The molecule has 0 aromatic heterocycles. The number of aliphatic hydroxyl groups excluding tert-OH is 1. The summed E-state index contributed by atoms with van der Waals surface area (Å²) in [4.78, 5) is 0. The molecule has 3 fully saturated rings. The standard InChI is InChI=1S/C28H52O7/c1-11-20-14(4)16(6)23(29)27(32-20)34-24-18(8)22(13-3)31-26(19(24)9)35-25-17(7)15(5)21(12-2)33-28(25)30-10/h14-29H,11-13H2,1-10H3/t14-,15-,16-,17-,18+,19?,20?,21?,22?,23?,24-,25?,26-,27+,28-/m0/s1. The van der Waals surface area contributed by atoms with Gasteiger partial charge in [0.1, 0.15) is 12.2 Å². The zero-order valence-corrected chi connectivity index (χ0v) is 23.7. The van der Waals surface area contributed by atoms with Gasteiger partial charge in [0, 0.05) is 18.9 Å². The van der Waals surface area contributed by atoms with E-state index < -0.39 is 25.0 Å². The van der Waals surface area contributed by atoms with Crippen LogP contribution in [-0.2, 0) is 28.4 Å². The Kier molecular flexibility index (Phi) is 10.5. The molecule has 0 aliphatic carbocycles. The molecule has 0 amide bonds. The summed E-state index contributed by atoms with van der Waals surface area (Å²) in [5.74, 6) is 1.08. The third-order valence-corrected chi connectivity index (χ3v) is 9.44. The first kappa shape index (κ1) is 29.3. The Bertz CT molecular complexity index is 643. The van der Waals surface area contributed by atoms with E-state index in [0.717, 1.165) is 19.3 Å². The van der Waals surface area contributed by atoms with Gasteiger partial charge in [-0.1, -0.05) is 62.3 Å². The van der Waals surface area contributed by atoms with Crippen LogP contribution in [0.4, 0.5) is 0 Å². The van der Waals surface area contributed by atoms with E-state index in [2.05, 4.69) is 62.3 Å². The van der Waals surface area contributed by atoms with Gasteiger partial charge in [-0.3, -0.25) is 0 Å². The molecule has 3 saturated heterocycles. The van der Waals surface area contributed by atoms with Gasteiger partial charge in [0.15, 0.2) is 18.9 Å². The Labute approximate surface area is 213 Å². The molecule has 0 radical (unpaired) electrons. The van der Waals surface area contributed by atoms with Crippen molar-refractivity contribution >= 4 is 0 Å². The number of hydrogen-bond acceptors (Lipinski definition) is 7. The topological polar surface area (TPSA) is 75.6 Å². The molecule has 6 unspecified atom stereocenters. The Morgan fingerprint density at radius 3 is 1.54 bits per heavy atom. The fourth-order valence-electron chi connectivity index (χ4n) is 6.41. The minimum Gasteiger partial charge on any atom is -0.388 e. The van der Waals surface area contributed by atoms with Gasteiger partial charge in [-0.2, -0.15) is 0 Å². The molecule has 0 aromatic carbocycles. The Hall–Kier alpha value is -0.280. The second kappa shape index (κ2) is 12.5. The van der Waals surface area contributed by atoms with Crippen LogP contribution in [0.15, 0.2) is 0 Å². The van der Waals surface area contributed by atoms with Gasteiger partial charge < -0.3 is 33.5 Å². The minimum atomic E-state index is -0.661. The highest BCUT2D eigenvalue weighted by Crippen LogP contribution is 2.41. The summed E-state index contributed by atoms with van der Waals surface area (Å²) in [7, 11) is 1.68. The van der Waals surface area contributed by atoms with Crippen LogP contribution in [0.1, 0.15) is 81.6 Å². The van der Waals surface area contributed by atoms with E-state index in [1.165, 1.54) is 0 Å². The number of rotatable bonds is 8. The van der Waals surface area contributed by atoms with E-state index >= 15 is 0 Å². The second-order valence-electron chi connectivity index (χ2n) is 11.4.